The zero-order valence-corrected chi connectivity index (χ0v) is 15.6. The Morgan fingerprint density at radius 3 is 1.78 bits per heavy atom. The Morgan fingerprint density at radius 1 is 1.00 bits per heavy atom. The fraction of sp³-hybridized carbons (Fsp3) is 0.611. The van der Waals surface area contributed by atoms with Crippen LogP contribution in [-0.4, -0.2) is 29.8 Å². The summed E-state index contributed by atoms with van der Waals surface area (Å²) in [7, 11) is -0.380. The van der Waals surface area contributed by atoms with Crippen molar-refractivity contribution in [3.05, 3.63) is 24.3 Å². The Morgan fingerprint density at radius 2 is 1.43 bits per heavy atom. The van der Waals surface area contributed by atoms with E-state index in [4.69, 9.17) is 9.31 Å². The molecule has 1 heterocycles. The summed E-state index contributed by atoms with van der Waals surface area (Å²) in [4.78, 5) is 13.8. The minimum absolute atomic E-state index is 0.0286. The first-order valence-corrected chi connectivity index (χ1v) is 8.11. The smallest absolute Gasteiger partial charge is 0.399 e. The molecule has 0 atom stereocenters. The Hall–Kier alpha value is -1.33. The van der Waals surface area contributed by atoms with Crippen molar-refractivity contribution < 1.29 is 14.1 Å². The number of rotatable bonds is 2. The largest absolute Gasteiger partial charge is 0.494 e. The maximum atomic E-state index is 12.0. The summed E-state index contributed by atoms with van der Waals surface area (Å²) in [5.74, 6) is 0.0286. The molecule has 0 aromatic heterocycles. The zero-order valence-electron chi connectivity index (χ0n) is 15.6. The van der Waals surface area contributed by atoms with E-state index in [0.29, 0.717) is 0 Å². The van der Waals surface area contributed by atoms with Gasteiger partial charge >= 0.3 is 7.12 Å². The summed E-state index contributed by atoms with van der Waals surface area (Å²) in [5, 5.41) is 0. The maximum absolute atomic E-state index is 12.0. The topological polar surface area (TPSA) is 38.8 Å². The number of carbonyl (C=O) groups excluding carboxylic acids is 1. The van der Waals surface area contributed by atoms with Gasteiger partial charge in [0.1, 0.15) is 0 Å². The third-order valence-electron chi connectivity index (χ3n) is 4.66. The predicted molar refractivity (Wildman–Crippen MR) is 95.1 cm³/mol. The van der Waals surface area contributed by atoms with Gasteiger partial charge in [-0.2, -0.15) is 0 Å². The fourth-order valence-corrected chi connectivity index (χ4v) is 2.80. The van der Waals surface area contributed by atoms with E-state index in [-0.39, 0.29) is 29.8 Å². The summed E-state index contributed by atoms with van der Waals surface area (Å²) in [6.07, 6.45) is 0. The van der Waals surface area contributed by atoms with Crippen LogP contribution >= 0.6 is 0 Å². The van der Waals surface area contributed by atoms with Crippen molar-refractivity contribution in [2.75, 3.05) is 4.90 Å². The molecule has 1 aromatic rings. The molecule has 4 nitrogen and oxygen atoms in total. The summed E-state index contributed by atoms with van der Waals surface area (Å²) < 4.78 is 12.1. The van der Waals surface area contributed by atoms with Crippen LogP contribution in [0.15, 0.2) is 24.3 Å². The molecule has 1 amide bonds. The predicted octanol–water partition coefficient (Wildman–Crippen LogP) is 3.14. The molecule has 0 bridgehead atoms. The first-order chi connectivity index (χ1) is 10.3. The van der Waals surface area contributed by atoms with Crippen LogP contribution in [0.1, 0.15) is 55.4 Å². The molecule has 0 spiro atoms. The molecule has 0 aliphatic carbocycles. The van der Waals surface area contributed by atoms with Crippen molar-refractivity contribution in [3.63, 3.8) is 0 Å². The second-order valence-electron chi connectivity index (χ2n) is 8.21. The van der Waals surface area contributed by atoms with Crippen LogP contribution in [0.4, 0.5) is 5.69 Å². The highest BCUT2D eigenvalue weighted by Crippen LogP contribution is 2.36. The van der Waals surface area contributed by atoms with E-state index in [1.165, 1.54) is 0 Å². The molecule has 1 saturated heterocycles. The van der Waals surface area contributed by atoms with Gasteiger partial charge in [0.25, 0.3) is 0 Å². The highest BCUT2D eigenvalue weighted by molar-refractivity contribution is 6.62. The molecule has 5 heteroatoms. The Balaban J connectivity index is 2.26. The van der Waals surface area contributed by atoms with E-state index >= 15 is 0 Å². The van der Waals surface area contributed by atoms with Crippen LogP contribution in [0.5, 0.6) is 0 Å². The van der Waals surface area contributed by atoms with Gasteiger partial charge in [0, 0.05) is 18.2 Å². The standard InChI is InChI=1S/C18H28BNO3/c1-13(21)20(16(2,3)4)15-11-9-14(10-12-15)19-22-17(5,6)18(7,8)23-19/h9-12H,1-8H3. The van der Waals surface area contributed by atoms with Crippen molar-refractivity contribution in [3.8, 4) is 0 Å². The molecule has 0 radical (unpaired) electrons. The number of nitrogens with zero attached hydrogens (tertiary/aromatic N) is 1. The molecule has 1 aliphatic rings. The molecule has 0 saturated carbocycles. The molecule has 1 aliphatic heterocycles. The average Bonchev–Trinajstić information content (AvgIpc) is 2.57. The van der Waals surface area contributed by atoms with Gasteiger partial charge in [-0.25, -0.2) is 0 Å². The lowest BCUT2D eigenvalue weighted by molar-refractivity contribution is -0.117. The zero-order chi connectivity index (χ0) is 17.6. The van der Waals surface area contributed by atoms with Crippen molar-refractivity contribution in [2.45, 2.75) is 72.1 Å². The van der Waals surface area contributed by atoms with E-state index < -0.39 is 0 Å². The molecule has 0 unspecified atom stereocenters. The lowest BCUT2D eigenvalue weighted by Crippen LogP contribution is -2.45. The van der Waals surface area contributed by atoms with E-state index in [0.717, 1.165) is 11.2 Å². The quantitative estimate of drug-likeness (QED) is 0.787. The second kappa shape index (κ2) is 5.64. The molecule has 0 N–H and O–H groups in total. The molecule has 126 valence electrons. The number of hydrogen-bond donors (Lipinski definition) is 0. The van der Waals surface area contributed by atoms with E-state index in [1.807, 2.05) is 72.7 Å². The minimum Gasteiger partial charge on any atom is -0.399 e. The van der Waals surface area contributed by atoms with Crippen molar-refractivity contribution in [2.24, 2.45) is 0 Å². The minimum atomic E-state index is -0.380. The molecular formula is C18H28BNO3. The Bertz CT molecular complexity index is 571. The molecule has 2 rings (SSSR count). The number of anilines is 1. The second-order valence-corrected chi connectivity index (χ2v) is 8.21. The van der Waals surface area contributed by atoms with Crippen molar-refractivity contribution in [1.82, 2.24) is 0 Å². The van der Waals surface area contributed by atoms with E-state index in [1.54, 1.807) is 11.8 Å². The third-order valence-corrected chi connectivity index (χ3v) is 4.66. The molecule has 1 fully saturated rings. The van der Waals surface area contributed by atoms with Gasteiger partial charge in [-0.05, 0) is 66.1 Å². The van der Waals surface area contributed by atoms with Gasteiger partial charge < -0.3 is 14.2 Å². The van der Waals surface area contributed by atoms with Gasteiger partial charge in [0.2, 0.25) is 5.91 Å². The number of amides is 1. The highest BCUT2D eigenvalue weighted by atomic mass is 16.7. The van der Waals surface area contributed by atoms with Gasteiger partial charge in [-0.15, -0.1) is 0 Å². The van der Waals surface area contributed by atoms with Crippen LogP contribution in [0.3, 0.4) is 0 Å². The normalized spacial score (nSPS) is 19.7. The van der Waals surface area contributed by atoms with Crippen LogP contribution < -0.4 is 10.4 Å². The summed E-state index contributed by atoms with van der Waals surface area (Å²) >= 11 is 0. The molecular weight excluding hydrogens is 289 g/mol. The van der Waals surface area contributed by atoms with Gasteiger partial charge in [0.05, 0.1) is 11.2 Å². The monoisotopic (exact) mass is 317 g/mol. The van der Waals surface area contributed by atoms with Crippen molar-refractivity contribution >= 4 is 24.2 Å². The lowest BCUT2D eigenvalue weighted by Gasteiger charge is -2.35. The maximum Gasteiger partial charge on any atom is 0.494 e. The number of carbonyl (C=O) groups is 1. The highest BCUT2D eigenvalue weighted by Gasteiger charge is 2.51. The fourth-order valence-electron chi connectivity index (χ4n) is 2.80. The van der Waals surface area contributed by atoms with Gasteiger partial charge in [-0.3, -0.25) is 4.79 Å². The molecule has 23 heavy (non-hydrogen) atoms. The summed E-state index contributed by atoms with van der Waals surface area (Å²) in [6, 6.07) is 7.85. The Kier molecular flexibility index (Phi) is 4.42. The number of hydrogen-bond acceptors (Lipinski definition) is 3. The summed E-state index contributed by atoms with van der Waals surface area (Å²) in [5.41, 5.74) is 0.868. The number of benzene rings is 1. The molecule has 1 aromatic carbocycles. The van der Waals surface area contributed by atoms with Gasteiger partial charge in [0.15, 0.2) is 0 Å². The van der Waals surface area contributed by atoms with Crippen LogP contribution in [-0.2, 0) is 14.1 Å². The first-order valence-electron chi connectivity index (χ1n) is 8.11. The summed E-state index contributed by atoms with van der Waals surface area (Å²) in [6.45, 7) is 15.8. The van der Waals surface area contributed by atoms with Crippen LogP contribution in [0.25, 0.3) is 0 Å². The lowest BCUT2D eigenvalue weighted by atomic mass is 9.79. The average molecular weight is 317 g/mol. The first kappa shape index (κ1) is 18.0. The van der Waals surface area contributed by atoms with Crippen LogP contribution in [0.2, 0.25) is 0 Å². The third kappa shape index (κ3) is 3.46. The SMILES string of the molecule is CC(=O)N(c1ccc(B2OC(C)(C)C(C)(C)O2)cc1)C(C)(C)C. The van der Waals surface area contributed by atoms with Crippen LogP contribution in [0, 0.1) is 0 Å². The van der Waals surface area contributed by atoms with Gasteiger partial charge in [-0.1, -0.05) is 12.1 Å². The van der Waals surface area contributed by atoms with E-state index in [2.05, 4.69) is 0 Å². The van der Waals surface area contributed by atoms with E-state index in [9.17, 15) is 4.79 Å². The van der Waals surface area contributed by atoms with Crippen molar-refractivity contribution in [1.29, 1.82) is 0 Å². The Labute approximate surface area is 140 Å².